The van der Waals surface area contributed by atoms with Crippen molar-refractivity contribution in [1.82, 2.24) is 25.8 Å². The molecule has 7 atom stereocenters. The van der Waals surface area contributed by atoms with Crippen molar-refractivity contribution in [3.05, 3.63) is 93.0 Å². The summed E-state index contributed by atoms with van der Waals surface area (Å²) in [7, 11) is 4.89. The van der Waals surface area contributed by atoms with Crippen molar-refractivity contribution in [3.63, 3.8) is 0 Å². The van der Waals surface area contributed by atoms with Gasteiger partial charge >= 0.3 is 29.8 Å². The van der Waals surface area contributed by atoms with E-state index >= 15 is 0 Å². The molecule has 10 N–H and O–H groups in total. The van der Waals surface area contributed by atoms with Gasteiger partial charge < -0.3 is 41.9 Å². The predicted octanol–water partition coefficient (Wildman–Crippen LogP) is 4.71. The molecule has 26 heteroatoms. The van der Waals surface area contributed by atoms with Crippen LogP contribution in [-0.2, 0) is 43.2 Å². The number of nitrogens with zero attached hydrogens (tertiary/aromatic N) is 2. The van der Waals surface area contributed by atoms with Crippen molar-refractivity contribution in [2.24, 2.45) is 11.7 Å². The monoisotopic (exact) mass is 1150 g/mol. The van der Waals surface area contributed by atoms with E-state index in [1.165, 1.54) is 32.4 Å². The summed E-state index contributed by atoms with van der Waals surface area (Å²) < 4.78 is 0. The number of piperidine rings is 2. The summed E-state index contributed by atoms with van der Waals surface area (Å²) in [5, 5.41) is 56.6. The Morgan fingerprint density at radius 1 is 0.707 bits per heavy atom. The standard InChI is InChI=1S/C49H58Cl2N6O14S4/c50-31-7-3-1-5-29(31)42(44(65)26-9-10-26)56-17-13-37(27(22-56)19-39(59)60)75-73-25-35(48(70)71)54-38(58)12-11-34(47(68)69)55-49(15-16-49)45(66)43(30-6-2-4-8-32(30)51)57-18-14-36(28(23-57)20-40(61)62)74-72-24-33(52)46(67)53-21-41(63)64/h1-8,19-20,26,33-37,42-43,55H,9-18,21-25,52H2,(H,53,67)(H,54,58)(H,59,60)(H,61,62)(H,63,64)(H,68,69)(H,70,71)/b27-19-,28-20-. The van der Waals surface area contributed by atoms with E-state index in [2.05, 4.69) is 16.0 Å². The van der Waals surface area contributed by atoms with Crippen LogP contribution < -0.4 is 21.7 Å². The number of nitrogens with one attached hydrogen (secondary N) is 3. The summed E-state index contributed by atoms with van der Waals surface area (Å²) >= 11 is 13.3. The molecule has 75 heavy (non-hydrogen) atoms. The van der Waals surface area contributed by atoms with E-state index in [-0.39, 0.29) is 77.6 Å². The molecule has 2 aliphatic heterocycles. The van der Waals surface area contributed by atoms with Crippen LogP contribution in [0.3, 0.4) is 0 Å². The van der Waals surface area contributed by atoms with Gasteiger partial charge in [-0.3, -0.25) is 43.9 Å². The van der Waals surface area contributed by atoms with Crippen LogP contribution in [0.5, 0.6) is 0 Å². The Balaban J connectivity index is 1.06. The average Bonchev–Trinajstić information content (AvgIpc) is 4.31. The average molecular weight is 1150 g/mol. The quantitative estimate of drug-likeness (QED) is 0.0393. The molecule has 406 valence electrons. The van der Waals surface area contributed by atoms with Gasteiger partial charge in [-0.05, 0) is 79.4 Å². The summed E-state index contributed by atoms with van der Waals surface area (Å²) in [6.45, 7) is 0.273. The Hall–Kier alpha value is -4.63. The molecule has 7 unspecified atom stereocenters. The third kappa shape index (κ3) is 16.9. The molecular formula is C49H58Cl2N6O14S4. The number of amides is 2. The van der Waals surface area contributed by atoms with E-state index < -0.39 is 96.2 Å². The normalized spacial score (nSPS) is 21.7. The van der Waals surface area contributed by atoms with Crippen molar-refractivity contribution in [1.29, 1.82) is 0 Å². The van der Waals surface area contributed by atoms with Crippen LogP contribution in [0.1, 0.15) is 74.6 Å². The number of Topliss-reactive ketones (excluding diaryl/α,β-unsaturated/α-hetero) is 2. The number of rotatable bonds is 29. The highest BCUT2D eigenvalue weighted by atomic mass is 35.5. The third-order valence-corrected chi connectivity index (χ3v) is 19.6. The number of carboxylic acids is 5. The molecule has 0 spiro atoms. The number of carbonyl (C=O) groups excluding carboxylic acids is 4. The first-order valence-electron chi connectivity index (χ1n) is 23.9. The first-order valence-corrected chi connectivity index (χ1v) is 29.5. The fourth-order valence-corrected chi connectivity index (χ4v) is 15.1. The van der Waals surface area contributed by atoms with Crippen LogP contribution in [0.2, 0.25) is 10.0 Å². The van der Waals surface area contributed by atoms with Gasteiger partial charge in [-0.15, -0.1) is 0 Å². The van der Waals surface area contributed by atoms with Gasteiger partial charge in [0.15, 0.2) is 11.6 Å². The van der Waals surface area contributed by atoms with E-state index in [0.29, 0.717) is 46.7 Å². The topological polar surface area (TPSA) is 323 Å². The lowest BCUT2D eigenvalue weighted by Gasteiger charge is -2.40. The Kier molecular flexibility index (Phi) is 21.9. The fourth-order valence-electron chi connectivity index (χ4n) is 8.95. The van der Waals surface area contributed by atoms with Gasteiger partial charge in [-0.2, -0.15) is 0 Å². The summed E-state index contributed by atoms with van der Waals surface area (Å²) in [4.78, 5) is 118. The van der Waals surface area contributed by atoms with E-state index in [0.717, 1.165) is 35.8 Å². The van der Waals surface area contributed by atoms with E-state index in [4.69, 9.17) is 34.0 Å². The maximum absolute atomic E-state index is 14.9. The summed E-state index contributed by atoms with van der Waals surface area (Å²) in [5.74, 6) is -8.27. The Bertz CT molecular complexity index is 2570. The lowest BCUT2D eigenvalue weighted by molar-refractivity contribution is -0.142. The molecule has 2 aliphatic carbocycles. The second-order valence-electron chi connectivity index (χ2n) is 18.6. The number of hydrogen-bond acceptors (Lipinski definition) is 17. The minimum Gasteiger partial charge on any atom is -0.480 e. The van der Waals surface area contributed by atoms with Crippen LogP contribution in [0.15, 0.2) is 71.8 Å². The van der Waals surface area contributed by atoms with E-state index in [1.807, 2.05) is 4.90 Å². The zero-order valence-electron chi connectivity index (χ0n) is 40.3. The lowest BCUT2D eigenvalue weighted by atomic mass is 9.91. The van der Waals surface area contributed by atoms with E-state index in [1.54, 1.807) is 53.4 Å². The van der Waals surface area contributed by atoms with Gasteiger partial charge in [-0.1, -0.05) is 103 Å². The number of likely N-dealkylation sites (tertiary alicyclic amines) is 2. The van der Waals surface area contributed by atoms with Crippen molar-refractivity contribution in [2.45, 2.75) is 97.6 Å². The first-order chi connectivity index (χ1) is 35.7. The Morgan fingerprint density at radius 2 is 1.21 bits per heavy atom. The molecular weight excluding hydrogens is 1100 g/mol. The lowest BCUT2D eigenvalue weighted by Crippen LogP contribution is -2.54. The SMILES string of the molecule is NC(CSSC1CCN(C(C(=O)C2(NC(CCC(=O)NC(CSSC3CCN(C(C(=O)C4CC4)c4ccccc4Cl)C/C3=C/C(=O)O)C(=O)O)C(=O)O)CC2)c2ccccc2Cl)C/C1=C/C(=O)O)C(=O)NCC(=O)O. The van der Waals surface area contributed by atoms with Gasteiger partial charge in [0, 0.05) is 82.7 Å². The largest absolute Gasteiger partial charge is 0.480 e. The third-order valence-electron chi connectivity index (χ3n) is 13.1. The molecule has 4 aliphatic rings. The smallest absolute Gasteiger partial charge is 0.328 e. The maximum atomic E-state index is 14.9. The number of aliphatic carboxylic acids is 5. The van der Waals surface area contributed by atoms with Crippen LogP contribution in [0, 0.1) is 5.92 Å². The van der Waals surface area contributed by atoms with Gasteiger partial charge in [0.1, 0.15) is 18.6 Å². The summed E-state index contributed by atoms with van der Waals surface area (Å²) in [5.41, 5.74) is 6.60. The number of hydrogen-bond donors (Lipinski definition) is 9. The van der Waals surface area contributed by atoms with Crippen LogP contribution in [0.25, 0.3) is 0 Å². The minimum atomic E-state index is -1.43. The van der Waals surface area contributed by atoms with Gasteiger partial charge in [-0.25, -0.2) is 14.4 Å². The number of carbonyl (C=O) groups is 9. The number of benzene rings is 2. The molecule has 2 aromatic rings. The molecule has 2 heterocycles. The van der Waals surface area contributed by atoms with Crippen LogP contribution in [-0.4, -0.2) is 167 Å². The molecule has 6 rings (SSSR count). The molecule has 2 saturated heterocycles. The highest BCUT2D eigenvalue weighted by Crippen LogP contribution is 2.47. The highest BCUT2D eigenvalue weighted by molar-refractivity contribution is 8.77. The van der Waals surface area contributed by atoms with Gasteiger partial charge in [0.05, 0.1) is 23.7 Å². The van der Waals surface area contributed by atoms with Gasteiger partial charge in [0.25, 0.3) is 0 Å². The molecule has 2 amide bonds. The van der Waals surface area contributed by atoms with Gasteiger partial charge in [0.2, 0.25) is 11.8 Å². The minimum absolute atomic E-state index is 0.00428. The zero-order valence-corrected chi connectivity index (χ0v) is 45.0. The summed E-state index contributed by atoms with van der Waals surface area (Å²) in [6, 6.07) is 8.11. The summed E-state index contributed by atoms with van der Waals surface area (Å²) in [6.07, 6.45) is 4.23. The molecule has 20 nitrogen and oxygen atoms in total. The number of ketones is 2. The number of carboxylic acid groups (broad SMARTS) is 5. The zero-order chi connectivity index (χ0) is 54.6. The van der Waals surface area contributed by atoms with Crippen LogP contribution in [0.4, 0.5) is 0 Å². The highest BCUT2D eigenvalue weighted by Gasteiger charge is 2.55. The van der Waals surface area contributed by atoms with Crippen LogP contribution >= 0.6 is 66.4 Å². The van der Waals surface area contributed by atoms with E-state index in [9.17, 15) is 63.6 Å². The maximum Gasteiger partial charge on any atom is 0.328 e. The van der Waals surface area contributed by atoms with Crippen molar-refractivity contribution >= 4 is 120 Å². The second kappa shape index (κ2) is 27.6. The predicted molar refractivity (Wildman–Crippen MR) is 287 cm³/mol. The molecule has 2 aromatic carbocycles. The van der Waals surface area contributed by atoms with Crippen molar-refractivity contribution in [2.75, 3.05) is 44.2 Å². The second-order valence-corrected chi connectivity index (χ2v) is 24.6. The Morgan fingerprint density at radius 3 is 1.69 bits per heavy atom. The fraction of sp³-hybridized carbons (Fsp3) is 0.490. The molecule has 2 saturated carbocycles. The molecule has 0 aromatic heterocycles. The molecule has 0 bridgehead atoms. The number of nitrogens with two attached hydrogens (primary N) is 1. The molecule has 0 radical (unpaired) electrons. The number of halogens is 2. The van der Waals surface area contributed by atoms with Crippen molar-refractivity contribution < 1.29 is 68.7 Å². The van der Waals surface area contributed by atoms with Crippen molar-refractivity contribution in [3.8, 4) is 0 Å². The Labute approximate surface area is 457 Å². The first kappa shape index (κ1) is 59.6. The molecule has 4 fully saturated rings.